The third-order valence-electron chi connectivity index (χ3n) is 4.02. The van der Waals surface area contributed by atoms with Gasteiger partial charge in [-0.15, -0.1) is 0 Å². The van der Waals surface area contributed by atoms with Crippen LogP contribution < -0.4 is 15.4 Å². The summed E-state index contributed by atoms with van der Waals surface area (Å²) in [5.74, 6) is -0.180. The number of methoxy groups -OCH3 is 1. The normalized spacial score (nSPS) is 11.8. The molecule has 0 fully saturated rings. The van der Waals surface area contributed by atoms with E-state index in [2.05, 4.69) is 0 Å². The van der Waals surface area contributed by atoms with E-state index in [4.69, 9.17) is 10.5 Å². The molecule has 0 saturated heterocycles. The Hall–Kier alpha value is -2.40. The third-order valence-corrected chi connectivity index (χ3v) is 4.02. The highest BCUT2D eigenvalue weighted by molar-refractivity contribution is 5.93. The summed E-state index contributed by atoms with van der Waals surface area (Å²) in [6, 6.07) is 13.8. The highest BCUT2D eigenvalue weighted by atomic mass is 19.1. The molecule has 0 radical (unpaired) electrons. The van der Waals surface area contributed by atoms with Crippen molar-refractivity contribution in [2.45, 2.75) is 19.3 Å². The molecule has 0 aliphatic heterocycles. The molecule has 2 aromatic carbocycles. The molecule has 24 heavy (non-hydrogen) atoms. The number of amides is 1. The van der Waals surface area contributed by atoms with Gasteiger partial charge >= 0.3 is 0 Å². The zero-order valence-electron chi connectivity index (χ0n) is 14.0. The second kappa shape index (κ2) is 8.45. The van der Waals surface area contributed by atoms with E-state index in [0.29, 0.717) is 17.9 Å². The van der Waals surface area contributed by atoms with E-state index < -0.39 is 0 Å². The van der Waals surface area contributed by atoms with Gasteiger partial charge in [-0.25, -0.2) is 4.39 Å². The molecule has 0 aromatic heterocycles. The van der Waals surface area contributed by atoms with Crippen LogP contribution in [0, 0.1) is 5.82 Å². The van der Waals surface area contributed by atoms with Crippen molar-refractivity contribution in [3.63, 3.8) is 0 Å². The number of anilines is 1. The summed E-state index contributed by atoms with van der Waals surface area (Å²) in [5.41, 5.74) is 7.32. The van der Waals surface area contributed by atoms with Crippen molar-refractivity contribution in [1.29, 1.82) is 0 Å². The quantitative estimate of drug-likeness (QED) is 0.847. The Morgan fingerprint density at radius 1 is 1.25 bits per heavy atom. The summed E-state index contributed by atoms with van der Waals surface area (Å²) in [5, 5.41) is 0. The van der Waals surface area contributed by atoms with Crippen LogP contribution in [0.5, 0.6) is 5.75 Å². The number of ether oxygens (including phenoxy) is 1. The van der Waals surface area contributed by atoms with Crippen molar-refractivity contribution in [3.05, 3.63) is 59.9 Å². The SMILES string of the molecule is CCN(C(=O)CC(CN)c1cc(F)ccc1OC)c1ccccc1. The lowest BCUT2D eigenvalue weighted by Crippen LogP contribution is -2.33. The highest BCUT2D eigenvalue weighted by Gasteiger charge is 2.22. The van der Waals surface area contributed by atoms with Crippen LogP contribution >= 0.6 is 0 Å². The lowest BCUT2D eigenvalue weighted by Gasteiger charge is -2.24. The molecular formula is C19H23FN2O2. The maximum Gasteiger partial charge on any atom is 0.227 e. The molecule has 0 spiro atoms. The number of rotatable bonds is 7. The number of para-hydroxylation sites is 1. The zero-order chi connectivity index (χ0) is 17.5. The second-order valence-corrected chi connectivity index (χ2v) is 5.50. The summed E-state index contributed by atoms with van der Waals surface area (Å²) < 4.78 is 18.9. The van der Waals surface area contributed by atoms with Gasteiger partial charge in [0, 0.05) is 30.1 Å². The van der Waals surface area contributed by atoms with Gasteiger partial charge in [-0.05, 0) is 43.8 Å². The molecule has 0 heterocycles. The molecule has 2 N–H and O–H groups in total. The van der Waals surface area contributed by atoms with Gasteiger partial charge in [0.2, 0.25) is 5.91 Å². The Balaban J connectivity index is 2.23. The van der Waals surface area contributed by atoms with Crippen molar-refractivity contribution in [2.75, 3.05) is 25.1 Å². The second-order valence-electron chi connectivity index (χ2n) is 5.50. The number of nitrogens with two attached hydrogens (primary N) is 1. The molecule has 0 aliphatic rings. The van der Waals surface area contributed by atoms with Gasteiger partial charge in [0.15, 0.2) is 0 Å². The first-order valence-electron chi connectivity index (χ1n) is 7.99. The Morgan fingerprint density at radius 2 is 1.96 bits per heavy atom. The summed E-state index contributed by atoms with van der Waals surface area (Å²) in [6.45, 7) is 2.71. The lowest BCUT2D eigenvalue weighted by atomic mass is 9.94. The van der Waals surface area contributed by atoms with Crippen LogP contribution in [-0.2, 0) is 4.79 Å². The van der Waals surface area contributed by atoms with Crippen LogP contribution in [0.1, 0.15) is 24.8 Å². The fourth-order valence-electron chi connectivity index (χ4n) is 2.78. The van der Waals surface area contributed by atoms with E-state index in [9.17, 15) is 9.18 Å². The van der Waals surface area contributed by atoms with Gasteiger partial charge in [0.25, 0.3) is 0 Å². The molecule has 0 saturated carbocycles. The molecule has 0 aliphatic carbocycles. The van der Waals surface area contributed by atoms with Crippen molar-refractivity contribution in [3.8, 4) is 5.75 Å². The standard InChI is InChI=1S/C19H23FN2O2/c1-3-22(16-7-5-4-6-8-16)19(23)11-14(13-21)17-12-15(20)9-10-18(17)24-2/h4-10,12,14H,3,11,13,21H2,1-2H3. The number of hydrogen-bond donors (Lipinski definition) is 1. The maximum atomic E-state index is 13.6. The fraction of sp³-hybridized carbons (Fsp3) is 0.316. The molecule has 128 valence electrons. The van der Waals surface area contributed by atoms with Gasteiger partial charge in [0.05, 0.1) is 7.11 Å². The van der Waals surface area contributed by atoms with Gasteiger partial charge in [-0.2, -0.15) is 0 Å². The van der Waals surface area contributed by atoms with E-state index in [1.807, 2.05) is 37.3 Å². The summed E-state index contributed by atoms with van der Waals surface area (Å²) in [4.78, 5) is 14.4. The molecule has 1 amide bonds. The summed E-state index contributed by atoms with van der Waals surface area (Å²) in [6.07, 6.45) is 0.193. The molecule has 1 unspecified atom stereocenters. The topological polar surface area (TPSA) is 55.6 Å². The van der Waals surface area contributed by atoms with Crippen molar-refractivity contribution >= 4 is 11.6 Å². The maximum absolute atomic E-state index is 13.6. The Kier molecular flexibility index (Phi) is 6.32. The third kappa shape index (κ3) is 4.11. The minimum atomic E-state index is -0.368. The van der Waals surface area contributed by atoms with Crippen LogP contribution in [0.25, 0.3) is 0 Å². The van der Waals surface area contributed by atoms with Crippen LogP contribution in [-0.4, -0.2) is 26.1 Å². The summed E-state index contributed by atoms with van der Waals surface area (Å²) >= 11 is 0. The number of halogens is 1. The van der Waals surface area contributed by atoms with E-state index in [0.717, 1.165) is 5.69 Å². The Labute approximate surface area is 142 Å². The van der Waals surface area contributed by atoms with Crippen LogP contribution in [0.15, 0.2) is 48.5 Å². The predicted octanol–water partition coefficient (Wildman–Crippen LogP) is 3.32. The van der Waals surface area contributed by atoms with Crippen molar-refractivity contribution in [1.82, 2.24) is 0 Å². The van der Waals surface area contributed by atoms with Crippen LogP contribution in [0.3, 0.4) is 0 Å². The lowest BCUT2D eigenvalue weighted by molar-refractivity contribution is -0.118. The molecule has 0 bridgehead atoms. The Bertz CT molecular complexity index is 676. The molecule has 4 nitrogen and oxygen atoms in total. The first-order chi connectivity index (χ1) is 11.6. The molecule has 2 aromatic rings. The van der Waals surface area contributed by atoms with E-state index in [1.165, 1.54) is 19.2 Å². The van der Waals surface area contributed by atoms with Gasteiger partial charge in [-0.1, -0.05) is 18.2 Å². The van der Waals surface area contributed by atoms with E-state index in [-0.39, 0.29) is 30.6 Å². The minimum Gasteiger partial charge on any atom is -0.496 e. The number of carbonyl (C=O) groups excluding carboxylic acids is 1. The minimum absolute atomic E-state index is 0.0505. The van der Waals surface area contributed by atoms with Gasteiger partial charge in [0.1, 0.15) is 11.6 Å². The average molecular weight is 330 g/mol. The van der Waals surface area contributed by atoms with Crippen LogP contribution in [0.2, 0.25) is 0 Å². The molecule has 5 heteroatoms. The monoisotopic (exact) mass is 330 g/mol. The predicted molar refractivity (Wildman–Crippen MR) is 93.8 cm³/mol. The number of benzene rings is 2. The molecular weight excluding hydrogens is 307 g/mol. The number of carbonyl (C=O) groups is 1. The highest BCUT2D eigenvalue weighted by Crippen LogP contribution is 2.30. The Morgan fingerprint density at radius 3 is 2.54 bits per heavy atom. The number of hydrogen-bond acceptors (Lipinski definition) is 3. The molecule has 2 rings (SSSR count). The van der Waals surface area contributed by atoms with Crippen molar-refractivity contribution < 1.29 is 13.9 Å². The number of nitrogens with zero attached hydrogens (tertiary/aromatic N) is 1. The first-order valence-corrected chi connectivity index (χ1v) is 7.99. The van der Waals surface area contributed by atoms with Crippen LogP contribution in [0.4, 0.5) is 10.1 Å². The van der Waals surface area contributed by atoms with Gasteiger partial charge in [-0.3, -0.25) is 4.79 Å². The van der Waals surface area contributed by atoms with E-state index >= 15 is 0 Å². The molecule has 1 atom stereocenters. The van der Waals surface area contributed by atoms with Gasteiger partial charge < -0.3 is 15.4 Å². The first kappa shape index (κ1) is 17.9. The summed E-state index contributed by atoms with van der Waals surface area (Å²) in [7, 11) is 1.52. The van der Waals surface area contributed by atoms with E-state index in [1.54, 1.807) is 11.0 Å². The largest absolute Gasteiger partial charge is 0.496 e. The average Bonchev–Trinajstić information content (AvgIpc) is 2.61. The van der Waals surface area contributed by atoms with Crippen molar-refractivity contribution in [2.24, 2.45) is 5.73 Å². The smallest absolute Gasteiger partial charge is 0.227 e. The zero-order valence-corrected chi connectivity index (χ0v) is 14.0. The fourth-order valence-corrected chi connectivity index (χ4v) is 2.78.